The maximum absolute atomic E-state index is 13.1. The molecule has 6 unspecified atom stereocenters. The van der Waals surface area contributed by atoms with Gasteiger partial charge >= 0.3 is 35.9 Å². The lowest BCUT2D eigenvalue weighted by atomic mass is 9.56. The fraction of sp³-hybridized carbons (Fsp3) is 0.896. The fourth-order valence-electron chi connectivity index (χ4n) is 12.3. The predicted molar refractivity (Wildman–Crippen MR) is 223 cm³/mol. The monoisotopic (exact) mass is 970 g/mol. The van der Waals surface area contributed by atoms with Crippen molar-refractivity contribution in [1.82, 2.24) is 0 Å². The molecule has 4 saturated carbocycles. The molecule has 0 aliphatic heterocycles. The first-order valence-corrected chi connectivity index (χ1v) is 22.9. The molecule has 0 aromatic carbocycles. The maximum Gasteiger partial charge on any atom is 0.438 e. The highest BCUT2D eigenvalue weighted by Gasteiger charge is 2.71. The number of halogens is 12. The highest BCUT2D eigenvalue weighted by atomic mass is 19.4. The number of rotatable bonds is 12. The Balaban J connectivity index is 0.000000350. The van der Waals surface area contributed by atoms with Gasteiger partial charge in [0.05, 0.1) is 17.3 Å². The third kappa shape index (κ3) is 12.7. The van der Waals surface area contributed by atoms with E-state index in [0.717, 1.165) is 37.5 Å². The lowest BCUT2D eigenvalue weighted by Gasteiger charge is -2.49. The van der Waals surface area contributed by atoms with Gasteiger partial charge in [0.2, 0.25) is 0 Å². The van der Waals surface area contributed by atoms with Gasteiger partial charge in [0.25, 0.3) is 0 Å². The van der Waals surface area contributed by atoms with Gasteiger partial charge in [0, 0.05) is 25.2 Å². The Bertz CT molecular complexity index is 1760. The summed E-state index contributed by atoms with van der Waals surface area (Å²) in [6, 6.07) is 0. The van der Waals surface area contributed by atoms with E-state index in [1.165, 1.54) is 0 Å². The number of carbonyl (C=O) groups excluding carboxylic acids is 1. The Kier molecular flexibility index (Phi) is 17.5. The Hall–Kier alpha value is -2.25. The summed E-state index contributed by atoms with van der Waals surface area (Å²) >= 11 is 0. The van der Waals surface area contributed by atoms with E-state index in [0.29, 0.717) is 77.0 Å². The Morgan fingerprint density at radius 3 is 1.32 bits per heavy atom. The van der Waals surface area contributed by atoms with Crippen molar-refractivity contribution in [3.05, 3.63) is 0 Å². The molecule has 0 aromatic rings. The molecule has 18 heteroatoms. The van der Waals surface area contributed by atoms with E-state index >= 15 is 0 Å². The van der Waals surface area contributed by atoms with Gasteiger partial charge in [-0.3, -0.25) is 4.79 Å². The van der Waals surface area contributed by atoms with Gasteiger partial charge in [-0.05, 0) is 156 Å². The molecule has 0 bridgehead atoms. The second kappa shape index (κ2) is 19.9. The standard InChI is InChI=1S/C24H36F6O3.C24H34F6O3/c2*1-19(2,32)11-6-12-20(3,13-7-15-22(33,23(25,26)27)24(28,29)30)18-10-9-16-17(31)8-5-14-21(16,18)4/h16-18,31-33H,5-6,8-14H2,1-4H3;16,18,32-33H,5-6,8-14H2,1-4H3/t16?,17-,18?,20?,21-;16?,18?,20?,21-/m00/s1. The first-order chi connectivity index (χ1) is 29.5. The largest absolute Gasteiger partial charge is 0.438 e. The summed E-state index contributed by atoms with van der Waals surface area (Å²) in [6.45, 7) is 14.2. The van der Waals surface area contributed by atoms with Crippen LogP contribution in [0, 0.1) is 69.0 Å². The van der Waals surface area contributed by atoms with Crippen molar-refractivity contribution < 1.29 is 83.0 Å². The predicted octanol–water partition coefficient (Wildman–Crippen LogP) is 11.7. The van der Waals surface area contributed by atoms with Crippen LogP contribution in [0.4, 0.5) is 52.7 Å². The number of fused-ring (bicyclic) bond motifs is 2. The van der Waals surface area contributed by atoms with Crippen LogP contribution in [0.5, 0.6) is 0 Å². The quantitative estimate of drug-likeness (QED) is 0.0982. The first kappa shape index (κ1) is 58.1. The molecule has 66 heavy (non-hydrogen) atoms. The molecule has 0 heterocycles. The molecule has 4 rings (SSSR count). The molecule has 5 N–H and O–H groups in total. The molecule has 4 aliphatic rings. The van der Waals surface area contributed by atoms with Crippen molar-refractivity contribution in [2.75, 3.05) is 0 Å². The van der Waals surface area contributed by atoms with Gasteiger partial charge < -0.3 is 25.5 Å². The van der Waals surface area contributed by atoms with Crippen LogP contribution in [0.1, 0.15) is 171 Å². The summed E-state index contributed by atoms with van der Waals surface area (Å²) in [5.41, 5.74) is -14.3. The number of carbonyl (C=O) groups is 1. The second-order valence-electron chi connectivity index (χ2n) is 22.2. The van der Waals surface area contributed by atoms with Crippen LogP contribution >= 0.6 is 0 Å². The number of aliphatic hydroxyl groups is 5. The van der Waals surface area contributed by atoms with Crippen LogP contribution in [0.15, 0.2) is 0 Å². The van der Waals surface area contributed by atoms with Crippen molar-refractivity contribution in [1.29, 1.82) is 0 Å². The van der Waals surface area contributed by atoms with E-state index < -0.39 is 69.5 Å². The fourth-order valence-corrected chi connectivity index (χ4v) is 12.3. The minimum atomic E-state index is -5.99. The van der Waals surface area contributed by atoms with Crippen LogP contribution < -0.4 is 0 Å². The molecular weight excluding hydrogens is 900 g/mol. The van der Waals surface area contributed by atoms with Gasteiger partial charge in [-0.1, -0.05) is 58.8 Å². The summed E-state index contributed by atoms with van der Waals surface area (Å²) in [6.07, 6.45) is -15.3. The number of alkyl halides is 12. The molecular formula is C48H70F12O6. The molecule has 0 radical (unpaired) electrons. The Morgan fingerprint density at radius 1 is 0.545 bits per heavy atom. The van der Waals surface area contributed by atoms with Gasteiger partial charge in [-0.15, -0.1) is 0 Å². The first-order valence-electron chi connectivity index (χ1n) is 22.9. The van der Waals surface area contributed by atoms with Crippen molar-refractivity contribution in [2.45, 2.75) is 224 Å². The highest BCUT2D eigenvalue weighted by molar-refractivity contribution is 5.83. The third-order valence-corrected chi connectivity index (χ3v) is 15.9. The van der Waals surface area contributed by atoms with Crippen LogP contribution in [-0.4, -0.2) is 84.5 Å². The number of ketones is 1. The van der Waals surface area contributed by atoms with E-state index in [9.17, 15) is 83.0 Å². The third-order valence-electron chi connectivity index (χ3n) is 15.9. The zero-order valence-electron chi connectivity index (χ0n) is 39.3. The normalized spacial score (nSPS) is 29.8. The van der Waals surface area contributed by atoms with Crippen LogP contribution in [0.3, 0.4) is 0 Å². The second-order valence-corrected chi connectivity index (χ2v) is 22.2. The highest BCUT2D eigenvalue weighted by Crippen LogP contribution is 2.63. The molecule has 382 valence electrons. The SMILES string of the molecule is CC(C)(O)CCCC(C)(CC#CC(O)(C(F)(F)F)C(F)(F)F)C1CCC2C(=O)CCC[C@@]21C.CC(C)(O)CCCC(C)(CC#CC(O)(C(F)(F)F)C(F)(F)F)C1CCC2[C@@H](O)CCC[C@@]21C. The maximum atomic E-state index is 13.1. The van der Waals surface area contributed by atoms with E-state index in [1.54, 1.807) is 34.6 Å². The van der Waals surface area contributed by atoms with E-state index in [2.05, 4.69) is 12.8 Å². The van der Waals surface area contributed by atoms with Crippen molar-refractivity contribution in [3.63, 3.8) is 0 Å². The van der Waals surface area contributed by atoms with Gasteiger partial charge in [0.1, 0.15) is 5.78 Å². The van der Waals surface area contributed by atoms with Crippen LogP contribution in [-0.2, 0) is 4.79 Å². The van der Waals surface area contributed by atoms with Crippen molar-refractivity contribution >= 4 is 5.78 Å². The van der Waals surface area contributed by atoms with E-state index in [1.807, 2.05) is 19.8 Å². The van der Waals surface area contributed by atoms with Gasteiger partial charge in [0.15, 0.2) is 0 Å². The average Bonchev–Trinajstić information content (AvgIpc) is 3.68. The molecule has 4 aliphatic carbocycles. The summed E-state index contributed by atoms with van der Waals surface area (Å²) in [5.74, 6) is 6.15. The Labute approximate surface area is 381 Å². The van der Waals surface area contributed by atoms with Gasteiger partial charge in [-0.2, -0.15) is 52.7 Å². The van der Waals surface area contributed by atoms with Crippen molar-refractivity contribution in [2.24, 2.45) is 45.3 Å². The lowest BCUT2D eigenvalue weighted by molar-refractivity contribution is -0.344. The minimum Gasteiger partial charge on any atom is -0.393 e. The number of aliphatic hydroxyl groups excluding tert-OH is 1. The van der Waals surface area contributed by atoms with Crippen LogP contribution in [0.2, 0.25) is 0 Å². The molecule has 0 saturated heterocycles. The van der Waals surface area contributed by atoms with Crippen molar-refractivity contribution in [3.8, 4) is 23.7 Å². The topological polar surface area (TPSA) is 118 Å². The molecule has 0 spiro atoms. The zero-order valence-corrected chi connectivity index (χ0v) is 39.3. The van der Waals surface area contributed by atoms with E-state index in [4.69, 9.17) is 0 Å². The number of hydrogen-bond acceptors (Lipinski definition) is 6. The molecule has 4 fully saturated rings. The minimum absolute atomic E-state index is 0.0279. The molecule has 0 aromatic heterocycles. The summed E-state index contributed by atoms with van der Waals surface area (Å²) in [7, 11) is 0. The molecule has 9 atom stereocenters. The average molecular weight is 971 g/mol. The molecule has 0 amide bonds. The Morgan fingerprint density at radius 2 is 0.924 bits per heavy atom. The number of Topliss-reactive ketones (excluding diaryl/α,β-unsaturated/α-hetero) is 1. The van der Waals surface area contributed by atoms with Gasteiger partial charge in [-0.25, -0.2) is 0 Å². The smallest absolute Gasteiger partial charge is 0.393 e. The summed E-state index contributed by atoms with van der Waals surface area (Å²) in [5, 5.41) is 49.5. The zero-order chi connectivity index (χ0) is 51.0. The number of hydrogen-bond donors (Lipinski definition) is 5. The lowest BCUT2D eigenvalue weighted by Crippen LogP contribution is -2.55. The summed E-state index contributed by atoms with van der Waals surface area (Å²) < 4.78 is 157. The van der Waals surface area contributed by atoms with E-state index in [-0.39, 0.29) is 47.7 Å². The van der Waals surface area contributed by atoms with Crippen LogP contribution in [0.25, 0.3) is 0 Å². The summed E-state index contributed by atoms with van der Waals surface area (Å²) in [4.78, 5) is 12.5. The molecule has 6 nitrogen and oxygen atoms in total.